The van der Waals surface area contributed by atoms with E-state index in [0.29, 0.717) is 24.4 Å². The molecule has 2 amide bonds. The number of rotatable bonds is 3. The van der Waals surface area contributed by atoms with Gasteiger partial charge in [0.2, 0.25) is 5.91 Å². The van der Waals surface area contributed by atoms with Crippen LogP contribution in [0.3, 0.4) is 0 Å². The molecule has 2 aromatic rings. The highest BCUT2D eigenvalue weighted by atomic mass is 79.9. The zero-order valence-electron chi connectivity index (χ0n) is 13.2. The van der Waals surface area contributed by atoms with Gasteiger partial charge in [-0.1, -0.05) is 28.1 Å². The van der Waals surface area contributed by atoms with Gasteiger partial charge in [-0.15, -0.1) is 0 Å². The van der Waals surface area contributed by atoms with Crippen LogP contribution in [0.15, 0.2) is 53.0 Å². The summed E-state index contributed by atoms with van der Waals surface area (Å²) in [4.78, 5) is 26.9. The Morgan fingerprint density at radius 3 is 2.46 bits per heavy atom. The van der Waals surface area contributed by atoms with E-state index in [2.05, 4.69) is 21.2 Å². The van der Waals surface area contributed by atoms with E-state index in [-0.39, 0.29) is 11.8 Å². The number of hydrogen-bond acceptors (Lipinski definition) is 3. The lowest BCUT2D eigenvalue weighted by Gasteiger charge is -2.35. The number of carbonyl (C=O) groups excluding carboxylic acids is 2. The first kappa shape index (κ1) is 16.5. The van der Waals surface area contributed by atoms with Crippen molar-refractivity contribution in [2.75, 3.05) is 20.2 Å². The fourth-order valence-electron chi connectivity index (χ4n) is 2.76. The molecular formula is C18H17BrN2O3. The van der Waals surface area contributed by atoms with E-state index in [1.165, 1.54) is 0 Å². The Hall–Kier alpha value is -2.34. The number of ether oxygens (including phenoxy) is 1. The molecule has 1 aliphatic heterocycles. The first-order valence-corrected chi connectivity index (χ1v) is 8.37. The van der Waals surface area contributed by atoms with E-state index in [4.69, 9.17) is 4.74 Å². The van der Waals surface area contributed by atoms with Gasteiger partial charge in [0.05, 0.1) is 7.11 Å². The number of nitrogens with zero attached hydrogens (tertiary/aromatic N) is 1. The quantitative estimate of drug-likeness (QED) is 0.879. The van der Waals surface area contributed by atoms with E-state index in [0.717, 1.165) is 10.0 Å². The standard InChI is InChI=1S/C18H17BrN2O3/c1-24-15-8-4-12(5-9-15)16-17(22)20-10-11-21(16)18(23)13-2-6-14(19)7-3-13/h2-9,16H,10-11H2,1H3,(H,20,22). The van der Waals surface area contributed by atoms with Gasteiger partial charge in [0.1, 0.15) is 11.8 Å². The molecule has 6 heteroatoms. The summed E-state index contributed by atoms with van der Waals surface area (Å²) in [5.41, 5.74) is 1.32. The molecule has 0 aliphatic carbocycles. The van der Waals surface area contributed by atoms with E-state index in [9.17, 15) is 9.59 Å². The highest BCUT2D eigenvalue weighted by molar-refractivity contribution is 9.10. The van der Waals surface area contributed by atoms with Crippen LogP contribution in [-0.4, -0.2) is 36.9 Å². The molecule has 1 aliphatic rings. The van der Waals surface area contributed by atoms with E-state index in [1.54, 1.807) is 36.3 Å². The second kappa shape index (κ2) is 7.05. The van der Waals surface area contributed by atoms with Crippen molar-refractivity contribution in [1.29, 1.82) is 0 Å². The highest BCUT2D eigenvalue weighted by Crippen LogP contribution is 2.27. The molecule has 1 unspecified atom stereocenters. The minimum absolute atomic E-state index is 0.154. The Morgan fingerprint density at radius 2 is 1.83 bits per heavy atom. The number of benzene rings is 2. The summed E-state index contributed by atoms with van der Waals surface area (Å²) in [6, 6.07) is 13.7. The predicted molar refractivity (Wildman–Crippen MR) is 93.9 cm³/mol. The van der Waals surface area contributed by atoms with Crippen molar-refractivity contribution in [3.63, 3.8) is 0 Å². The van der Waals surface area contributed by atoms with E-state index >= 15 is 0 Å². The van der Waals surface area contributed by atoms with Crippen molar-refractivity contribution in [2.24, 2.45) is 0 Å². The molecule has 5 nitrogen and oxygen atoms in total. The summed E-state index contributed by atoms with van der Waals surface area (Å²) in [6.07, 6.45) is 0. The number of amides is 2. The predicted octanol–water partition coefficient (Wildman–Crippen LogP) is 2.77. The number of piperazine rings is 1. The van der Waals surface area contributed by atoms with Gasteiger partial charge < -0.3 is 15.0 Å². The zero-order chi connectivity index (χ0) is 17.1. The first-order valence-electron chi connectivity index (χ1n) is 7.58. The smallest absolute Gasteiger partial charge is 0.254 e. The third-order valence-corrected chi connectivity index (χ3v) is 4.52. The van der Waals surface area contributed by atoms with Crippen molar-refractivity contribution in [1.82, 2.24) is 10.2 Å². The second-order valence-electron chi connectivity index (χ2n) is 5.47. The second-order valence-corrected chi connectivity index (χ2v) is 6.39. The van der Waals surface area contributed by atoms with Crippen LogP contribution in [0.5, 0.6) is 5.75 Å². The van der Waals surface area contributed by atoms with Crippen LogP contribution in [0.2, 0.25) is 0 Å². The number of methoxy groups -OCH3 is 1. The van der Waals surface area contributed by atoms with Crippen molar-refractivity contribution in [2.45, 2.75) is 6.04 Å². The third kappa shape index (κ3) is 3.28. The molecular weight excluding hydrogens is 372 g/mol. The molecule has 3 rings (SSSR count). The lowest BCUT2D eigenvalue weighted by Crippen LogP contribution is -2.52. The molecule has 0 spiro atoms. The maximum absolute atomic E-state index is 12.9. The largest absolute Gasteiger partial charge is 0.497 e. The molecule has 1 N–H and O–H groups in total. The van der Waals surface area contributed by atoms with Crippen LogP contribution in [0.25, 0.3) is 0 Å². The Kier molecular flexibility index (Phi) is 4.85. The number of nitrogens with one attached hydrogen (secondary N) is 1. The van der Waals surface area contributed by atoms with Crippen LogP contribution in [0.1, 0.15) is 22.0 Å². The van der Waals surface area contributed by atoms with Gasteiger partial charge in [0.25, 0.3) is 5.91 Å². The van der Waals surface area contributed by atoms with E-state index < -0.39 is 6.04 Å². The summed E-state index contributed by atoms with van der Waals surface area (Å²) >= 11 is 3.36. The average molecular weight is 389 g/mol. The molecule has 0 saturated carbocycles. The van der Waals surface area contributed by atoms with Crippen molar-refractivity contribution < 1.29 is 14.3 Å². The van der Waals surface area contributed by atoms with Crippen LogP contribution < -0.4 is 10.1 Å². The lowest BCUT2D eigenvalue weighted by molar-refractivity contribution is -0.128. The SMILES string of the molecule is COc1ccc(C2C(=O)NCCN2C(=O)c2ccc(Br)cc2)cc1. The molecule has 1 atom stereocenters. The third-order valence-electron chi connectivity index (χ3n) is 4.00. The molecule has 1 saturated heterocycles. The molecule has 0 radical (unpaired) electrons. The normalized spacial score (nSPS) is 17.3. The number of hydrogen-bond donors (Lipinski definition) is 1. The summed E-state index contributed by atoms with van der Waals surface area (Å²) in [5, 5.41) is 2.83. The zero-order valence-corrected chi connectivity index (χ0v) is 14.7. The fraction of sp³-hybridized carbons (Fsp3) is 0.222. The monoisotopic (exact) mass is 388 g/mol. The van der Waals surface area contributed by atoms with Crippen LogP contribution in [-0.2, 0) is 4.79 Å². The molecule has 1 fully saturated rings. The summed E-state index contributed by atoms with van der Waals surface area (Å²) in [5.74, 6) is 0.385. The molecule has 2 aromatic carbocycles. The van der Waals surface area contributed by atoms with Gasteiger partial charge in [-0.05, 0) is 42.0 Å². The molecule has 0 aromatic heterocycles. The summed E-state index contributed by atoms with van der Waals surface area (Å²) in [7, 11) is 1.59. The molecule has 0 bridgehead atoms. The minimum atomic E-state index is -0.638. The van der Waals surface area contributed by atoms with Gasteiger partial charge in [-0.25, -0.2) is 0 Å². The summed E-state index contributed by atoms with van der Waals surface area (Å²) < 4.78 is 6.06. The number of halogens is 1. The molecule has 1 heterocycles. The topological polar surface area (TPSA) is 58.6 Å². The Bertz CT molecular complexity index is 744. The van der Waals surface area contributed by atoms with Gasteiger partial charge in [0, 0.05) is 23.1 Å². The van der Waals surface area contributed by atoms with Crippen molar-refractivity contribution >= 4 is 27.7 Å². The molecule has 124 valence electrons. The van der Waals surface area contributed by atoms with Crippen LogP contribution >= 0.6 is 15.9 Å². The molecule has 24 heavy (non-hydrogen) atoms. The van der Waals surface area contributed by atoms with E-state index in [1.807, 2.05) is 24.3 Å². The van der Waals surface area contributed by atoms with Crippen LogP contribution in [0.4, 0.5) is 0 Å². The van der Waals surface area contributed by atoms with Gasteiger partial charge in [0.15, 0.2) is 0 Å². The Labute approximate surface area is 148 Å². The van der Waals surface area contributed by atoms with Crippen molar-refractivity contribution in [3.05, 3.63) is 64.1 Å². The minimum Gasteiger partial charge on any atom is -0.497 e. The average Bonchev–Trinajstić information content (AvgIpc) is 2.62. The van der Waals surface area contributed by atoms with Gasteiger partial charge in [-0.3, -0.25) is 9.59 Å². The Balaban J connectivity index is 1.92. The highest BCUT2D eigenvalue weighted by Gasteiger charge is 2.34. The van der Waals surface area contributed by atoms with Crippen molar-refractivity contribution in [3.8, 4) is 5.75 Å². The first-order chi connectivity index (χ1) is 11.6. The maximum atomic E-state index is 12.9. The van der Waals surface area contributed by atoms with Crippen LogP contribution in [0, 0.1) is 0 Å². The Morgan fingerprint density at radius 1 is 1.17 bits per heavy atom. The van der Waals surface area contributed by atoms with Gasteiger partial charge in [-0.2, -0.15) is 0 Å². The number of carbonyl (C=O) groups is 2. The van der Waals surface area contributed by atoms with Gasteiger partial charge >= 0.3 is 0 Å². The fourth-order valence-corrected chi connectivity index (χ4v) is 3.03. The summed E-state index contributed by atoms with van der Waals surface area (Å²) in [6.45, 7) is 0.922. The maximum Gasteiger partial charge on any atom is 0.254 e. The lowest BCUT2D eigenvalue weighted by atomic mass is 10.0.